The molecular weight excluding hydrogens is 495 g/mol. The van der Waals surface area contributed by atoms with Crippen molar-refractivity contribution >= 4 is 36.0 Å². The number of ether oxygens (including phenoxy) is 1. The number of benzene rings is 1. The Hall–Kier alpha value is -2.30. The molecule has 1 aromatic carbocycles. The zero-order valence-electron chi connectivity index (χ0n) is 18.5. The maximum Gasteiger partial charge on any atom is 0.408 e. The average molecular weight is 528 g/mol. The van der Waals surface area contributed by atoms with E-state index in [9.17, 15) is 4.79 Å². The molecule has 0 aliphatic heterocycles. The molecule has 0 unspecified atom stereocenters. The highest BCUT2D eigenvalue weighted by molar-refractivity contribution is 14.0. The third-order valence-electron chi connectivity index (χ3n) is 3.93. The number of nitrogens with one attached hydrogen (secondary N) is 3. The van der Waals surface area contributed by atoms with Gasteiger partial charge in [0.2, 0.25) is 0 Å². The highest BCUT2D eigenvalue weighted by Crippen LogP contribution is 2.10. The molecule has 0 radical (unpaired) electrons. The van der Waals surface area contributed by atoms with Gasteiger partial charge in [-0.15, -0.1) is 24.0 Å². The molecule has 0 saturated carbocycles. The van der Waals surface area contributed by atoms with Gasteiger partial charge < -0.3 is 20.7 Å². The summed E-state index contributed by atoms with van der Waals surface area (Å²) in [5, 5.41) is 13.6. The van der Waals surface area contributed by atoms with Crippen molar-refractivity contribution in [3.63, 3.8) is 0 Å². The predicted molar refractivity (Wildman–Crippen MR) is 131 cm³/mol. The molecule has 2 aromatic rings. The van der Waals surface area contributed by atoms with E-state index in [4.69, 9.17) is 4.74 Å². The van der Waals surface area contributed by atoms with Crippen LogP contribution in [-0.4, -0.2) is 46.6 Å². The Labute approximate surface area is 195 Å². The molecule has 9 heteroatoms. The van der Waals surface area contributed by atoms with E-state index in [1.54, 1.807) is 13.2 Å². The molecule has 30 heavy (non-hydrogen) atoms. The SMILES string of the molecule is CN=C(NCc1ccc(-n2cccn2)cc1)NCC(C)(C)NC(=O)OC(C)(C)C.I. The van der Waals surface area contributed by atoms with Crippen molar-refractivity contribution in [1.29, 1.82) is 0 Å². The van der Waals surface area contributed by atoms with E-state index in [2.05, 4.69) is 26.0 Å². The molecule has 0 fully saturated rings. The number of hydrogen-bond acceptors (Lipinski definition) is 4. The molecule has 3 N–H and O–H groups in total. The number of guanidine groups is 1. The number of carbonyl (C=O) groups is 1. The zero-order chi connectivity index (χ0) is 21.5. The van der Waals surface area contributed by atoms with Crippen molar-refractivity contribution in [2.45, 2.75) is 52.3 Å². The minimum Gasteiger partial charge on any atom is -0.444 e. The van der Waals surface area contributed by atoms with E-state index in [1.165, 1.54) is 0 Å². The van der Waals surface area contributed by atoms with Crippen LogP contribution in [0.4, 0.5) is 4.79 Å². The van der Waals surface area contributed by atoms with Gasteiger partial charge in [-0.2, -0.15) is 5.10 Å². The van der Waals surface area contributed by atoms with Crippen LogP contribution < -0.4 is 16.0 Å². The van der Waals surface area contributed by atoms with Crippen molar-refractivity contribution in [3.05, 3.63) is 48.3 Å². The van der Waals surface area contributed by atoms with Gasteiger partial charge in [0, 0.05) is 32.5 Å². The Morgan fingerprint density at radius 3 is 2.33 bits per heavy atom. The molecule has 0 spiro atoms. The number of carbonyl (C=O) groups excluding carboxylic acids is 1. The lowest BCUT2D eigenvalue weighted by atomic mass is 10.1. The van der Waals surface area contributed by atoms with Crippen LogP contribution in [0.25, 0.3) is 5.69 Å². The first-order chi connectivity index (χ1) is 13.6. The summed E-state index contributed by atoms with van der Waals surface area (Å²) in [6.07, 6.45) is 3.22. The van der Waals surface area contributed by atoms with E-state index in [0.29, 0.717) is 19.0 Å². The summed E-state index contributed by atoms with van der Waals surface area (Å²) in [6.45, 7) is 10.5. The van der Waals surface area contributed by atoms with Crippen LogP contribution in [0.2, 0.25) is 0 Å². The van der Waals surface area contributed by atoms with Gasteiger partial charge in [0.15, 0.2) is 5.96 Å². The predicted octanol–water partition coefficient (Wildman–Crippen LogP) is 3.46. The number of aromatic nitrogens is 2. The Morgan fingerprint density at radius 2 is 1.80 bits per heavy atom. The fourth-order valence-electron chi connectivity index (χ4n) is 2.52. The Balaban J connectivity index is 0.00000450. The van der Waals surface area contributed by atoms with Gasteiger partial charge in [0.25, 0.3) is 0 Å². The molecule has 1 heterocycles. The van der Waals surface area contributed by atoms with Crippen LogP contribution in [0.3, 0.4) is 0 Å². The van der Waals surface area contributed by atoms with Crippen LogP contribution >= 0.6 is 24.0 Å². The molecule has 0 aliphatic rings. The number of halogens is 1. The van der Waals surface area contributed by atoms with E-state index in [0.717, 1.165) is 11.3 Å². The standard InChI is InChI=1S/C21H32N6O2.HI/c1-20(2,3)29-19(28)26-21(4,5)15-24-18(22-6)23-14-16-8-10-17(11-9-16)27-13-7-12-25-27;/h7-13H,14-15H2,1-6H3,(H,26,28)(H2,22,23,24);1H. The Morgan fingerprint density at radius 1 is 1.13 bits per heavy atom. The van der Waals surface area contributed by atoms with E-state index in [1.807, 2.05) is 75.8 Å². The number of amides is 1. The molecule has 1 aromatic heterocycles. The summed E-state index contributed by atoms with van der Waals surface area (Å²) < 4.78 is 7.14. The van der Waals surface area contributed by atoms with Gasteiger partial charge in [-0.3, -0.25) is 4.99 Å². The maximum absolute atomic E-state index is 12.0. The number of rotatable bonds is 6. The van der Waals surface area contributed by atoms with Crippen LogP contribution in [0.1, 0.15) is 40.2 Å². The minimum absolute atomic E-state index is 0. The van der Waals surface area contributed by atoms with Crippen molar-refractivity contribution < 1.29 is 9.53 Å². The number of hydrogen-bond donors (Lipinski definition) is 3. The van der Waals surface area contributed by atoms with E-state index < -0.39 is 17.2 Å². The van der Waals surface area contributed by atoms with Crippen LogP contribution in [0.5, 0.6) is 0 Å². The average Bonchev–Trinajstić information content (AvgIpc) is 3.14. The smallest absolute Gasteiger partial charge is 0.408 e. The number of nitrogens with zero attached hydrogens (tertiary/aromatic N) is 3. The molecule has 0 atom stereocenters. The fraction of sp³-hybridized carbons (Fsp3) is 0.476. The van der Waals surface area contributed by atoms with E-state index >= 15 is 0 Å². The lowest BCUT2D eigenvalue weighted by molar-refractivity contribution is 0.0474. The lowest BCUT2D eigenvalue weighted by Gasteiger charge is -2.29. The van der Waals surface area contributed by atoms with Crippen LogP contribution in [-0.2, 0) is 11.3 Å². The maximum atomic E-state index is 12.0. The van der Waals surface area contributed by atoms with Crippen molar-refractivity contribution in [2.75, 3.05) is 13.6 Å². The highest BCUT2D eigenvalue weighted by Gasteiger charge is 2.24. The van der Waals surface area contributed by atoms with Crippen LogP contribution in [0, 0.1) is 0 Å². The molecule has 0 bridgehead atoms. The molecule has 0 aliphatic carbocycles. The fourth-order valence-corrected chi connectivity index (χ4v) is 2.52. The Kier molecular flexibility index (Phi) is 9.60. The first-order valence-corrected chi connectivity index (χ1v) is 9.63. The van der Waals surface area contributed by atoms with Gasteiger partial charge in [-0.05, 0) is 58.4 Å². The largest absolute Gasteiger partial charge is 0.444 e. The summed E-state index contributed by atoms with van der Waals surface area (Å²) >= 11 is 0. The molecule has 8 nitrogen and oxygen atoms in total. The Bertz CT molecular complexity index is 811. The molecular formula is C21H33IN6O2. The van der Waals surface area contributed by atoms with Gasteiger partial charge in [-0.1, -0.05) is 12.1 Å². The summed E-state index contributed by atoms with van der Waals surface area (Å²) in [5.74, 6) is 0.653. The zero-order valence-corrected chi connectivity index (χ0v) is 20.9. The minimum atomic E-state index is -0.530. The summed E-state index contributed by atoms with van der Waals surface area (Å²) in [6, 6.07) is 10.0. The first kappa shape index (κ1) is 25.7. The molecule has 2 rings (SSSR count). The summed E-state index contributed by atoms with van der Waals surface area (Å²) in [5.41, 5.74) is 1.09. The van der Waals surface area contributed by atoms with E-state index in [-0.39, 0.29) is 24.0 Å². The topological polar surface area (TPSA) is 92.6 Å². The molecule has 1 amide bonds. The van der Waals surface area contributed by atoms with Crippen molar-refractivity contribution in [3.8, 4) is 5.69 Å². The normalized spacial score (nSPS) is 12.0. The second-order valence-corrected chi connectivity index (χ2v) is 8.41. The number of aliphatic imine (C=N–C) groups is 1. The van der Waals surface area contributed by atoms with Gasteiger partial charge in [0.1, 0.15) is 5.60 Å². The monoisotopic (exact) mass is 528 g/mol. The number of alkyl carbamates (subject to hydrolysis) is 1. The van der Waals surface area contributed by atoms with Crippen molar-refractivity contribution in [1.82, 2.24) is 25.7 Å². The second-order valence-electron chi connectivity index (χ2n) is 8.41. The lowest BCUT2D eigenvalue weighted by Crippen LogP contribution is -2.54. The quantitative estimate of drug-likeness (QED) is 0.304. The van der Waals surface area contributed by atoms with Gasteiger partial charge in [0.05, 0.1) is 11.2 Å². The summed E-state index contributed by atoms with van der Waals surface area (Å²) in [7, 11) is 1.71. The second kappa shape index (κ2) is 11.2. The third-order valence-corrected chi connectivity index (χ3v) is 3.93. The third kappa shape index (κ3) is 9.02. The van der Waals surface area contributed by atoms with Crippen molar-refractivity contribution in [2.24, 2.45) is 4.99 Å². The highest BCUT2D eigenvalue weighted by atomic mass is 127. The molecule has 166 valence electrons. The molecule has 0 saturated heterocycles. The summed E-state index contributed by atoms with van der Waals surface area (Å²) in [4.78, 5) is 16.2. The van der Waals surface area contributed by atoms with Gasteiger partial charge >= 0.3 is 6.09 Å². The van der Waals surface area contributed by atoms with Crippen LogP contribution in [0.15, 0.2) is 47.7 Å². The van der Waals surface area contributed by atoms with Gasteiger partial charge in [-0.25, -0.2) is 9.48 Å². The first-order valence-electron chi connectivity index (χ1n) is 9.63.